The first-order chi connectivity index (χ1) is 20.9. The SMILES string of the molecule is O=C(NCc1ccccc1)C1CN(C(=O)COc2ccc(S(=O)(=O)N3CCCc4ccccc43)cc2)c2ccccc2O1. The largest absolute Gasteiger partial charge is 0.484 e. The van der Waals surface area contributed by atoms with Crippen LogP contribution in [0.15, 0.2) is 108 Å². The van der Waals surface area contributed by atoms with Crippen molar-refractivity contribution in [3.05, 3.63) is 114 Å². The Hall–Kier alpha value is -4.83. The fraction of sp³-hybridized carbons (Fsp3) is 0.212. The fourth-order valence-electron chi connectivity index (χ4n) is 5.31. The molecule has 0 aromatic heterocycles. The van der Waals surface area contributed by atoms with Gasteiger partial charge in [0.2, 0.25) is 0 Å². The molecule has 4 aromatic carbocycles. The number of hydrogen-bond donors (Lipinski definition) is 1. The molecule has 2 aliphatic rings. The van der Waals surface area contributed by atoms with Crippen LogP contribution in [0.4, 0.5) is 11.4 Å². The number of carbonyl (C=O) groups is 2. The monoisotopic (exact) mass is 597 g/mol. The highest BCUT2D eigenvalue weighted by Crippen LogP contribution is 2.34. The van der Waals surface area contributed by atoms with Crippen LogP contribution in [0.1, 0.15) is 17.5 Å². The minimum absolute atomic E-state index is 0.0221. The van der Waals surface area contributed by atoms with Crippen molar-refractivity contribution in [3.63, 3.8) is 0 Å². The van der Waals surface area contributed by atoms with E-state index in [2.05, 4.69) is 5.32 Å². The van der Waals surface area contributed by atoms with E-state index in [0.717, 1.165) is 24.0 Å². The molecule has 2 amide bonds. The molecule has 0 radical (unpaired) electrons. The van der Waals surface area contributed by atoms with Crippen LogP contribution in [0.5, 0.6) is 11.5 Å². The minimum atomic E-state index is -3.76. The van der Waals surface area contributed by atoms with Crippen LogP contribution in [0.2, 0.25) is 0 Å². The van der Waals surface area contributed by atoms with E-state index in [4.69, 9.17) is 9.47 Å². The van der Waals surface area contributed by atoms with Gasteiger partial charge in [0.15, 0.2) is 12.7 Å². The lowest BCUT2D eigenvalue weighted by Crippen LogP contribution is -2.51. The molecule has 1 unspecified atom stereocenters. The summed E-state index contributed by atoms with van der Waals surface area (Å²) >= 11 is 0. The first-order valence-electron chi connectivity index (χ1n) is 14.1. The number of rotatable bonds is 8. The van der Waals surface area contributed by atoms with Crippen molar-refractivity contribution in [2.24, 2.45) is 0 Å². The smallest absolute Gasteiger partial charge is 0.265 e. The van der Waals surface area contributed by atoms with Gasteiger partial charge in [0.1, 0.15) is 11.5 Å². The minimum Gasteiger partial charge on any atom is -0.484 e. The highest BCUT2D eigenvalue weighted by molar-refractivity contribution is 7.92. The number of ether oxygens (including phenoxy) is 2. The third kappa shape index (κ3) is 6.05. The number of benzene rings is 4. The number of carbonyl (C=O) groups excluding carboxylic acids is 2. The number of hydrogen-bond acceptors (Lipinski definition) is 6. The summed E-state index contributed by atoms with van der Waals surface area (Å²) in [4.78, 5) is 27.9. The molecule has 0 aliphatic carbocycles. The summed E-state index contributed by atoms with van der Waals surface area (Å²) in [7, 11) is -3.76. The Bertz CT molecular complexity index is 1730. The second-order valence-corrected chi connectivity index (χ2v) is 12.2. The lowest BCUT2D eigenvalue weighted by molar-refractivity contribution is -0.128. The summed E-state index contributed by atoms with van der Waals surface area (Å²) in [6.07, 6.45) is 0.696. The molecule has 1 N–H and O–H groups in total. The molecule has 43 heavy (non-hydrogen) atoms. The molecule has 220 valence electrons. The summed E-state index contributed by atoms with van der Waals surface area (Å²) in [6.45, 7) is 0.471. The highest BCUT2D eigenvalue weighted by atomic mass is 32.2. The van der Waals surface area contributed by atoms with Crippen molar-refractivity contribution < 1.29 is 27.5 Å². The molecule has 0 bridgehead atoms. The van der Waals surface area contributed by atoms with Gasteiger partial charge in [0, 0.05) is 13.1 Å². The van der Waals surface area contributed by atoms with Crippen molar-refractivity contribution in [2.45, 2.75) is 30.4 Å². The average Bonchev–Trinajstić information content (AvgIpc) is 3.06. The Balaban J connectivity index is 1.11. The normalized spacial score (nSPS) is 16.0. The van der Waals surface area contributed by atoms with Gasteiger partial charge >= 0.3 is 0 Å². The van der Waals surface area contributed by atoms with E-state index >= 15 is 0 Å². The molecule has 9 nitrogen and oxygen atoms in total. The zero-order valence-electron chi connectivity index (χ0n) is 23.4. The van der Waals surface area contributed by atoms with Gasteiger partial charge in [-0.3, -0.25) is 13.9 Å². The summed E-state index contributed by atoms with van der Waals surface area (Å²) in [6, 6.07) is 30.2. The maximum absolute atomic E-state index is 13.4. The number of amides is 2. The van der Waals surface area contributed by atoms with Crippen molar-refractivity contribution in [2.75, 3.05) is 28.9 Å². The number of anilines is 2. The van der Waals surface area contributed by atoms with Crippen molar-refractivity contribution >= 4 is 33.2 Å². The Morgan fingerprint density at radius 2 is 1.56 bits per heavy atom. The standard InChI is InChI=1S/C33H31N3O6S/c37-32(35-22-31(42-30-15-7-6-14-29(30)35)33(38)34-21-24-9-2-1-3-10-24)23-41-26-16-18-27(19-17-26)43(39,40)36-20-8-12-25-11-4-5-13-28(25)36/h1-7,9-11,13-19,31H,8,12,20-23H2,(H,34,38). The molecule has 0 saturated carbocycles. The van der Waals surface area contributed by atoms with Gasteiger partial charge in [-0.05, 0) is 66.4 Å². The van der Waals surface area contributed by atoms with Crippen LogP contribution in [0.3, 0.4) is 0 Å². The van der Waals surface area contributed by atoms with Crippen LogP contribution in [0, 0.1) is 0 Å². The molecular formula is C33H31N3O6S. The zero-order valence-corrected chi connectivity index (χ0v) is 24.2. The predicted octanol–water partition coefficient (Wildman–Crippen LogP) is 4.32. The third-order valence-corrected chi connectivity index (χ3v) is 9.35. The maximum Gasteiger partial charge on any atom is 0.265 e. The molecule has 1 atom stereocenters. The Labute approximate surface area is 250 Å². The van der Waals surface area contributed by atoms with E-state index < -0.39 is 16.1 Å². The Kier molecular flexibility index (Phi) is 8.02. The van der Waals surface area contributed by atoms with Gasteiger partial charge in [-0.2, -0.15) is 0 Å². The number of aryl methyl sites for hydroxylation is 1. The predicted molar refractivity (Wildman–Crippen MR) is 163 cm³/mol. The molecular weight excluding hydrogens is 566 g/mol. The summed E-state index contributed by atoms with van der Waals surface area (Å²) < 4.78 is 40.0. The highest BCUT2D eigenvalue weighted by Gasteiger charge is 2.34. The van der Waals surface area contributed by atoms with Crippen LogP contribution in [-0.2, 0) is 32.6 Å². The number of sulfonamides is 1. The Morgan fingerprint density at radius 3 is 2.35 bits per heavy atom. The third-order valence-electron chi connectivity index (χ3n) is 7.52. The second-order valence-electron chi connectivity index (χ2n) is 10.4. The molecule has 6 rings (SSSR count). The van der Waals surface area contributed by atoms with Crippen LogP contribution < -0.4 is 24.0 Å². The van der Waals surface area contributed by atoms with Crippen LogP contribution >= 0.6 is 0 Å². The van der Waals surface area contributed by atoms with E-state index in [1.807, 2.05) is 54.6 Å². The molecule has 0 spiro atoms. The summed E-state index contributed by atoms with van der Waals surface area (Å²) in [5.41, 5.74) is 3.22. The number of para-hydroxylation sites is 3. The second kappa shape index (κ2) is 12.2. The van der Waals surface area contributed by atoms with E-state index in [-0.39, 0.29) is 29.9 Å². The molecule has 4 aromatic rings. The lowest BCUT2D eigenvalue weighted by atomic mass is 10.0. The van der Waals surface area contributed by atoms with Gasteiger partial charge < -0.3 is 19.7 Å². The maximum atomic E-state index is 13.4. The first-order valence-corrected chi connectivity index (χ1v) is 15.6. The van der Waals surface area contributed by atoms with Gasteiger partial charge in [0.25, 0.3) is 21.8 Å². The first kappa shape index (κ1) is 28.3. The van der Waals surface area contributed by atoms with E-state index in [1.165, 1.54) is 21.3 Å². The van der Waals surface area contributed by atoms with Crippen LogP contribution in [-0.4, -0.2) is 46.0 Å². The topological polar surface area (TPSA) is 105 Å². The zero-order chi connectivity index (χ0) is 29.8. The van der Waals surface area contributed by atoms with Crippen molar-refractivity contribution in [3.8, 4) is 11.5 Å². The van der Waals surface area contributed by atoms with Crippen molar-refractivity contribution in [1.82, 2.24) is 5.32 Å². The summed E-state index contributed by atoms with van der Waals surface area (Å²) in [5, 5.41) is 2.88. The average molecular weight is 598 g/mol. The lowest BCUT2D eigenvalue weighted by Gasteiger charge is -2.34. The number of nitrogens with one attached hydrogen (secondary N) is 1. The fourth-order valence-corrected chi connectivity index (χ4v) is 6.85. The number of fused-ring (bicyclic) bond motifs is 2. The van der Waals surface area contributed by atoms with Crippen molar-refractivity contribution in [1.29, 1.82) is 0 Å². The van der Waals surface area contributed by atoms with Gasteiger partial charge in [-0.1, -0.05) is 60.7 Å². The molecule has 0 fully saturated rings. The molecule has 10 heteroatoms. The van der Waals surface area contributed by atoms with Gasteiger partial charge in [-0.15, -0.1) is 0 Å². The quantitative estimate of drug-likeness (QED) is 0.325. The molecule has 2 heterocycles. The number of nitrogens with zero attached hydrogens (tertiary/aromatic N) is 2. The molecule has 0 saturated heterocycles. The van der Waals surface area contributed by atoms with E-state index in [1.54, 1.807) is 36.4 Å². The summed E-state index contributed by atoms with van der Waals surface area (Å²) in [5.74, 6) is 0.0873. The van der Waals surface area contributed by atoms with E-state index in [9.17, 15) is 18.0 Å². The Morgan fingerprint density at radius 1 is 0.860 bits per heavy atom. The van der Waals surface area contributed by atoms with E-state index in [0.29, 0.717) is 36.0 Å². The van der Waals surface area contributed by atoms with Gasteiger partial charge in [0.05, 0.1) is 22.8 Å². The van der Waals surface area contributed by atoms with Crippen LogP contribution in [0.25, 0.3) is 0 Å². The molecule has 2 aliphatic heterocycles. The van der Waals surface area contributed by atoms with Gasteiger partial charge in [-0.25, -0.2) is 8.42 Å².